The number of nitrogens with one attached hydrogen (secondary N) is 8. The van der Waals surface area contributed by atoms with Crippen LogP contribution in [0.15, 0.2) is 6.20 Å². The monoisotopic (exact) mass is 2080 g/mol. The van der Waals surface area contributed by atoms with Gasteiger partial charge in [-0.25, -0.2) is 13.2 Å². The largest absolute Gasteiger partial charge is 0.463 e. The summed E-state index contributed by atoms with van der Waals surface area (Å²) in [5, 5.41) is 30.5. The Labute approximate surface area is 833 Å². The van der Waals surface area contributed by atoms with Crippen molar-refractivity contribution in [1.82, 2.24) is 57.5 Å². The second-order valence-electron chi connectivity index (χ2n) is 34.3. The second kappa shape index (κ2) is 66.3. The van der Waals surface area contributed by atoms with Crippen LogP contribution >= 0.6 is 0 Å². The molecule has 48 nitrogen and oxygen atoms in total. The topological polar surface area (TPSA) is 610 Å². The number of amides is 8. The number of aromatic nitrogens is 3. The van der Waals surface area contributed by atoms with Crippen molar-refractivity contribution in [2.75, 3.05) is 105 Å². The van der Waals surface area contributed by atoms with Crippen LogP contribution in [-0.2, 0) is 185 Å². The highest BCUT2D eigenvalue weighted by Crippen LogP contribution is 2.35. The second-order valence-corrected chi connectivity index (χ2v) is 34.3. The first-order valence-corrected chi connectivity index (χ1v) is 47.6. The van der Waals surface area contributed by atoms with E-state index in [-0.39, 0.29) is 156 Å². The molecule has 3 aliphatic heterocycles. The van der Waals surface area contributed by atoms with Gasteiger partial charge in [0.15, 0.2) is 55.5 Å². The third-order valence-electron chi connectivity index (χ3n) is 21.5. The highest BCUT2D eigenvalue weighted by molar-refractivity contribution is 5.80. The molecule has 3 fully saturated rings. The summed E-state index contributed by atoms with van der Waals surface area (Å²) in [5.74, 6) is -25.2. The smallest absolute Gasteiger partial charge is 0.311 e. The zero-order chi connectivity index (χ0) is 107. The first kappa shape index (κ1) is 124. The lowest BCUT2D eigenvalue weighted by Crippen LogP contribution is -2.66. The number of rotatable bonds is 67. The molecule has 3 saturated heterocycles. The molecule has 0 saturated carbocycles. The molecule has 0 bridgehead atoms. The minimum atomic E-state index is -2.42. The van der Waals surface area contributed by atoms with Crippen LogP contribution in [0.4, 0.5) is 22.0 Å². The van der Waals surface area contributed by atoms with Crippen molar-refractivity contribution in [2.24, 2.45) is 5.41 Å². The fraction of sp³-hybridized carbons (Fsp3) is 0.717. The molecule has 53 heteroatoms. The SMILES string of the molecule is CC(=O)NC1C(OC(C)=O)[C@@H](OC(C)=O)C(COC(C)=O)O[C@H]1OCCCCCCNC(=O)CCOCC(COCCC(=O)NCCCCCO[C@@H]1OC(COC(C)=O)[C@H](OC(C)=O)C(OC(C)=O)C1NC(C)=O)(COCCC(=O)NCCCCCO[C@@H]1OC(COC(C)=O)[C@H](OC(C)=O)C(OC(C)=O)C1NC(C)=O)Cn1cc(CNC(=O)CCCC(=O)NCCCCCC(=O)Oc2c(F)c(F)c(F)c(F)c2F)nn1. The molecule has 8 N–H and O–H groups in total. The molecule has 8 amide bonds. The number of esters is 10. The van der Waals surface area contributed by atoms with Gasteiger partial charge in [0.2, 0.25) is 82.1 Å². The molecule has 145 heavy (non-hydrogen) atoms. The van der Waals surface area contributed by atoms with E-state index >= 15 is 0 Å². The molecule has 0 aliphatic carbocycles. The van der Waals surface area contributed by atoms with Gasteiger partial charge in [0.25, 0.3) is 0 Å². The lowest BCUT2D eigenvalue weighted by atomic mass is 9.90. The molecule has 1 aromatic carbocycles. The van der Waals surface area contributed by atoms with Crippen molar-refractivity contribution < 1.29 is 198 Å². The fourth-order valence-electron chi connectivity index (χ4n) is 15.1. The summed E-state index contributed by atoms with van der Waals surface area (Å²) < 4.78 is 178. The van der Waals surface area contributed by atoms with Gasteiger partial charge in [-0.15, -0.1) is 5.10 Å². The Bertz CT molecular complexity index is 4420. The van der Waals surface area contributed by atoms with Gasteiger partial charge in [-0.2, -0.15) is 8.78 Å². The normalized spacial score (nSPS) is 21.0. The number of carbonyl (C=O) groups excluding carboxylic acids is 18. The Hall–Kier alpha value is -11.9. The van der Waals surface area contributed by atoms with E-state index in [0.717, 1.165) is 62.3 Å². The average Bonchev–Trinajstić information content (AvgIpc) is 1.29. The third-order valence-corrected chi connectivity index (χ3v) is 21.5. The van der Waals surface area contributed by atoms with Gasteiger partial charge in [0.05, 0.1) is 64.3 Å². The van der Waals surface area contributed by atoms with E-state index in [2.05, 4.69) is 57.6 Å². The predicted octanol–water partition coefficient (Wildman–Crippen LogP) is 2.52. The first-order valence-electron chi connectivity index (χ1n) is 47.6. The molecule has 1 aromatic heterocycles. The van der Waals surface area contributed by atoms with Crippen LogP contribution in [0.2, 0.25) is 0 Å². The number of unbranched alkanes of at least 4 members (excludes halogenated alkanes) is 9. The Morgan fingerprint density at radius 1 is 0.338 bits per heavy atom. The number of hydrogen-bond acceptors (Lipinski definition) is 39. The first-order chi connectivity index (χ1) is 68.9. The Morgan fingerprint density at radius 3 is 0.959 bits per heavy atom. The van der Waals surface area contributed by atoms with E-state index < -0.39 is 265 Å². The molecule has 3 aliphatic rings. The van der Waals surface area contributed by atoms with E-state index in [1.54, 1.807) is 0 Å². The lowest BCUT2D eigenvalue weighted by molar-refractivity contribution is -0.277. The van der Waals surface area contributed by atoms with Gasteiger partial charge in [0, 0.05) is 168 Å². The molecule has 2 aromatic rings. The Morgan fingerprint density at radius 2 is 0.634 bits per heavy atom. The Kier molecular flexibility index (Phi) is 56.5. The van der Waals surface area contributed by atoms with Crippen molar-refractivity contribution >= 4 is 107 Å². The van der Waals surface area contributed by atoms with Crippen LogP contribution in [0.1, 0.15) is 217 Å². The summed E-state index contributed by atoms with van der Waals surface area (Å²) in [6.45, 7) is 11.8. The third kappa shape index (κ3) is 47.9. The molecule has 0 spiro atoms. The molecular weight excluding hydrogens is 1950 g/mol. The van der Waals surface area contributed by atoms with Crippen LogP contribution in [0.25, 0.3) is 0 Å². The number of nitrogens with zero attached hydrogens (tertiary/aromatic N) is 3. The average molecular weight is 2080 g/mol. The number of halogens is 5. The van der Waals surface area contributed by atoms with E-state index in [0.29, 0.717) is 70.6 Å². The quantitative estimate of drug-likeness (QED) is 0.00897. The lowest BCUT2D eigenvalue weighted by Gasteiger charge is -2.44. The minimum absolute atomic E-state index is 0.00816. The maximum Gasteiger partial charge on any atom is 0.311 e. The van der Waals surface area contributed by atoms with Gasteiger partial charge in [-0.05, 0) is 70.6 Å². The number of carbonyl (C=O) groups is 18. The molecule has 4 heterocycles. The van der Waals surface area contributed by atoms with Crippen LogP contribution in [-0.4, -0.2) is 319 Å². The summed E-state index contributed by atoms with van der Waals surface area (Å²) in [6, 6.07) is -3.56. The van der Waals surface area contributed by atoms with Crippen LogP contribution in [0, 0.1) is 34.5 Å². The number of hydrogen-bond donors (Lipinski definition) is 8. The number of benzene rings is 1. The van der Waals surface area contributed by atoms with Crippen molar-refractivity contribution in [3.05, 3.63) is 41.0 Å². The molecular formula is C92H136F5N11O37. The van der Waals surface area contributed by atoms with Crippen LogP contribution < -0.4 is 47.3 Å². The summed E-state index contributed by atoms with van der Waals surface area (Å²) in [6.07, 6.45) is -9.62. The van der Waals surface area contributed by atoms with Crippen LogP contribution in [0.3, 0.4) is 0 Å². The number of ether oxygens (including phenoxy) is 19. The van der Waals surface area contributed by atoms with E-state index in [4.69, 9.17) is 85.3 Å². The van der Waals surface area contributed by atoms with Crippen molar-refractivity contribution in [3.63, 3.8) is 0 Å². The Balaban J connectivity index is 1.27. The van der Waals surface area contributed by atoms with Gasteiger partial charge in [-0.3, -0.25) is 91.0 Å². The predicted molar refractivity (Wildman–Crippen MR) is 483 cm³/mol. The maximum atomic E-state index is 14.0. The molecule has 5 rings (SSSR count). The summed E-state index contributed by atoms with van der Waals surface area (Å²) in [5.41, 5.74) is -1.02. The molecule has 15 atom stereocenters. The van der Waals surface area contributed by atoms with E-state index in [1.807, 2.05) is 0 Å². The van der Waals surface area contributed by atoms with Crippen molar-refractivity contribution in [3.8, 4) is 5.75 Å². The van der Waals surface area contributed by atoms with Gasteiger partial charge < -0.3 is 133 Å². The summed E-state index contributed by atoms with van der Waals surface area (Å²) in [7, 11) is 0. The molecule has 816 valence electrons. The van der Waals surface area contributed by atoms with E-state index in [1.165, 1.54) is 31.6 Å². The maximum absolute atomic E-state index is 14.0. The summed E-state index contributed by atoms with van der Waals surface area (Å²) in [4.78, 5) is 225. The molecule has 0 radical (unpaired) electrons. The van der Waals surface area contributed by atoms with Gasteiger partial charge >= 0.3 is 59.7 Å². The fourth-order valence-corrected chi connectivity index (χ4v) is 15.1. The van der Waals surface area contributed by atoms with Crippen molar-refractivity contribution in [2.45, 2.75) is 317 Å². The van der Waals surface area contributed by atoms with E-state index in [9.17, 15) is 108 Å². The zero-order valence-corrected chi connectivity index (χ0v) is 83.4. The standard InChI is InChI=1S/C92H136F5N11O37/c1-52(109)103-79-86(139-61(10)118)82(136-58(7)115)65(45-133-55(4)112)142-89(79)130-37-23-14-13-19-33-99-70(123)30-40-127-49-92(48-108-44-64(106-107-108)43-102-69(122)28-26-27-68(121)98-34-20-15-18-29-73(126)145-85-77(96)75(94)74(93)76(95)78(85)97,50-128-41-31-71(124)100-35-21-16-24-38-131-90-80(104-53(2)110)87(140-62(11)119)83(137-59(8)116)66(143-90)46-134-56(5)113)51-129-42-32-72(125)101-36-22-17-25-39-132-91-81(105-54(3)111)88(141-63(12)120)84(138-60(9)117)67(144-91)47-135-57(6)114/h44,65-67,79-84,86-91H,13-43,45-51H2,1-12H3,(H,98,121)(H,99,123)(H,100,124)(H,101,125)(H,102,122)(H,103,109)(H,104,110)(H,105,111)/t65?,66?,67?,79?,80?,81?,82-,83-,84-,86?,87?,88?,89+,90+,91+,92?/m0/s1. The highest BCUT2D eigenvalue weighted by atomic mass is 19.2. The van der Waals surface area contributed by atoms with Gasteiger partial charge in [-0.1, -0.05) is 24.5 Å². The van der Waals surface area contributed by atoms with Crippen LogP contribution in [0.5, 0.6) is 5.75 Å². The molecule has 9 unspecified atom stereocenters. The minimum Gasteiger partial charge on any atom is -0.463 e. The van der Waals surface area contributed by atoms with Crippen molar-refractivity contribution in [1.29, 1.82) is 0 Å². The highest BCUT2D eigenvalue weighted by Gasteiger charge is 2.55. The summed E-state index contributed by atoms with van der Waals surface area (Å²) >= 11 is 0. The zero-order valence-electron chi connectivity index (χ0n) is 83.4. The van der Waals surface area contributed by atoms with Gasteiger partial charge in [0.1, 0.15) is 62.0 Å².